The van der Waals surface area contributed by atoms with Crippen molar-refractivity contribution in [2.24, 2.45) is 0 Å². The first-order valence-corrected chi connectivity index (χ1v) is 8.52. The smallest absolute Gasteiger partial charge is 0.258 e. The molecule has 2 aromatic heterocycles. The van der Waals surface area contributed by atoms with E-state index in [0.29, 0.717) is 28.5 Å². The molecule has 0 unspecified atom stereocenters. The SMILES string of the molecule is O=c1c2cc(Oc3ccc(Cl)cc3)ccc2ccn1Cc1cccnc1. The Morgan fingerprint density at radius 3 is 2.58 bits per heavy atom. The quantitative estimate of drug-likeness (QED) is 0.519. The van der Waals surface area contributed by atoms with Crippen molar-refractivity contribution in [3.8, 4) is 11.5 Å². The summed E-state index contributed by atoms with van der Waals surface area (Å²) in [5.74, 6) is 1.27. The lowest BCUT2D eigenvalue weighted by atomic mass is 10.1. The number of halogens is 1. The van der Waals surface area contributed by atoms with Crippen molar-refractivity contribution in [2.45, 2.75) is 6.54 Å². The molecule has 0 atom stereocenters. The zero-order chi connectivity index (χ0) is 17.9. The predicted molar refractivity (Wildman–Crippen MR) is 103 cm³/mol. The third-order valence-corrected chi connectivity index (χ3v) is 4.33. The molecule has 0 bridgehead atoms. The fraction of sp³-hybridized carbons (Fsp3) is 0.0476. The summed E-state index contributed by atoms with van der Waals surface area (Å²) >= 11 is 5.89. The molecule has 2 aromatic carbocycles. The van der Waals surface area contributed by atoms with Gasteiger partial charge < -0.3 is 9.30 Å². The van der Waals surface area contributed by atoms with Gasteiger partial charge in [-0.3, -0.25) is 9.78 Å². The van der Waals surface area contributed by atoms with E-state index in [4.69, 9.17) is 16.3 Å². The second kappa shape index (κ2) is 7.02. The number of fused-ring (bicyclic) bond motifs is 1. The molecule has 0 fully saturated rings. The normalized spacial score (nSPS) is 10.8. The molecule has 0 spiro atoms. The molecule has 0 saturated carbocycles. The molecule has 0 aliphatic heterocycles. The van der Waals surface area contributed by atoms with Crippen LogP contribution >= 0.6 is 11.6 Å². The van der Waals surface area contributed by atoms with Crippen LogP contribution in [0.2, 0.25) is 5.02 Å². The zero-order valence-corrected chi connectivity index (χ0v) is 14.6. The average molecular weight is 363 g/mol. The molecule has 0 aliphatic carbocycles. The second-order valence-electron chi connectivity index (χ2n) is 5.92. The van der Waals surface area contributed by atoms with Crippen LogP contribution in [0, 0.1) is 0 Å². The van der Waals surface area contributed by atoms with Crippen LogP contribution in [0.3, 0.4) is 0 Å². The monoisotopic (exact) mass is 362 g/mol. The van der Waals surface area contributed by atoms with Gasteiger partial charge >= 0.3 is 0 Å². The minimum atomic E-state index is -0.0621. The molecule has 5 heteroatoms. The van der Waals surface area contributed by atoms with E-state index in [1.165, 1.54) is 0 Å². The number of aromatic nitrogens is 2. The molecule has 0 saturated heterocycles. The summed E-state index contributed by atoms with van der Waals surface area (Å²) in [5, 5.41) is 2.14. The molecule has 0 N–H and O–H groups in total. The van der Waals surface area contributed by atoms with Crippen LogP contribution in [0.15, 0.2) is 84.0 Å². The first kappa shape index (κ1) is 16.4. The topological polar surface area (TPSA) is 44.1 Å². The average Bonchev–Trinajstić information content (AvgIpc) is 2.67. The lowest BCUT2D eigenvalue weighted by Gasteiger charge is -2.09. The maximum absolute atomic E-state index is 12.9. The minimum absolute atomic E-state index is 0.0621. The minimum Gasteiger partial charge on any atom is -0.457 e. The van der Waals surface area contributed by atoms with Gasteiger partial charge in [0.05, 0.1) is 11.9 Å². The van der Waals surface area contributed by atoms with E-state index in [1.807, 2.05) is 30.3 Å². The maximum Gasteiger partial charge on any atom is 0.258 e. The highest BCUT2D eigenvalue weighted by Gasteiger charge is 2.06. The largest absolute Gasteiger partial charge is 0.457 e. The number of ether oxygens (including phenoxy) is 1. The van der Waals surface area contributed by atoms with E-state index < -0.39 is 0 Å². The number of pyridine rings is 2. The van der Waals surface area contributed by atoms with Crippen molar-refractivity contribution in [1.29, 1.82) is 0 Å². The Kier molecular flexibility index (Phi) is 4.42. The van der Waals surface area contributed by atoms with Gasteiger partial charge in [0, 0.05) is 23.6 Å². The van der Waals surface area contributed by atoms with E-state index in [0.717, 1.165) is 10.9 Å². The Bertz CT molecular complexity index is 1110. The third-order valence-electron chi connectivity index (χ3n) is 4.08. The molecule has 0 radical (unpaired) electrons. The Morgan fingerprint density at radius 1 is 1.00 bits per heavy atom. The van der Waals surface area contributed by atoms with Gasteiger partial charge in [0.2, 0.25) is 0 Å². The van der Waals surface area contributed by atoms with Crippen molar-refractivity contribution in [1.82, 2.24) is 9.55 Å². The molecule has 4 rings (SSSR count). The zero-order valence-electron chi connectivity index (χ0n) is 13.8. The van der Waals surface area contributed by atoms with Crippen LogP contribution in [0.4, 0.5) is 0 Å². The van der Waals surface area contributed by atoms with Crippen LogP contribution in [0.1, 0.15) is 5.56 Å². The first-order chi connectivity index (χ1) is 12.7. The maximum atomic E-state index is 12.9. The van der Waals surface area contributed by atoms with Gasteiger partial charge in [0.15, 0.2) is 0 Å². The van der Waals surface area contributed by atoms with Crippen LogP contribution in [-0.2, 0) is 6.54 Å². The van der Waals surface area contributed by atoms with Crippen LogP contribution in [0.25, 0.3) is 10.8 Å². The van der Waals surface area contributed by atoms with E-state index in [2.05, 4.69) is 4.98 Å². The van der Waals surface area contributed by atoms with E-state index >= 15 is 0 Å². The Labute approximate surface area is 155 Å². The van der Waals surface area contributed by atoms with Crippen molar-refractivity contribution in [3.63, 3.8) is 0 Å². The number of hydrogen-bond donors (Lipinski definition) is 0. The van der Waals surface area contributed by atoms with Gasteiger partial charge in [-0.25, -0.2) is 0 Å². The van der Waals surface area contributed by atoms with Crippen LogP contribution < -0.4 is 10.3 Å². The molecule has 4 nitrogen and oxygen atoms in total. The summed E-state index contributed by atoms with van der Waals surface area (Å²) in [6.07, 6.45) is 5.28. The summed E-state index contributed by atoms with van der Waals surface area (Å²) in [7, 11) is 0. The summed E-state index contributed by atoms with van der Waals surface area (Å²) in [4.78, 5) is 16.9. The number of nitrogens with zero attached hydrogens (tertiary/aromatic N) is 2. The molecule has 2 heterocycles. The summed E-state index contributed by atoms with van der Waals surface area (Å²) < 4.78 is 7.51. The Balaban J connectivity index is 1.68. The fourth-order valence-corrected chi connectivity index (χ4v) is 2.90. The van der Waals surface area contributed by atoms with Crippen molar-refractivity contribution >= 4 is 22.4 Å². The molecule has 0 amide bonds. The van der Waals surface area contributed by atoms with Gasteiger partial charge in [0.1, 0.15) is 11.5 Å². The van der Waals surface area contributed by atoms with E-state index in [9.17, 15) is 4.79 Å². The van der Waals surface area contributed by atoms with Crippen molar-refractivity contribution < 1.29 is 4.74 Å². The molecule has 4 aromatic rings. The highest BCUT2D eigenvalue weighted by Crippen LogP contribution is 2.25. The molecule has 26 heavy (non-hydrogen) atoms. The van der Waals surface area contributed by atoms with E-state index in [1.54, 1.807) is 53.5 Å². The summed E-state index contributed by atoms with van der Waals surface area (Å²) in [6.45, 7) is 0.477. The molecular weight excluding hydrogens is 348 g/mol. The summed E-state index contributed by atoms with van der Waals surface area (Å²) in [6, 6.07) is 18.3. The predicted octanol–water partition coefficient (Wildman–Crippen LogP) is 4.89. The van der Waals surface area contributed by atoms with Crippen molar-refractivity contribution in [2.75, 3.05) is 0 Å². The molecular formula is C21H15ClN2O2. The molecule has 0 aliphatic rings. The summed E-state index contributed by atoms with van der Waals surface area (Å²) in [5.41, 5.74) is 0.912. The molecule has 128 valence electrons. The van der Waals surface area contributed by atoms with E-state index in [-0.39, 0.29) is 5.56 Å². The lowest BCUT2D eigenvalue weighted by molar-refractivity contribution is 0.483. The Hall–Kier alpha value is -3.11. The van der Waals surface area contributed by atoms with Crippen LogP contribution in [-0.4, -0.2) is 9.55 Å². The lowest BCUT2D eigenvalue weighted by Crippen LogP contribution is -2.20. The van der Waals surface area contributed by atoms with Crippen molar-refractivity contribution in [3.05, 3.63) is 100 Å². The van der Waals surface area contributed by atoms with Gasteiger partial charge in [0.25, 0.3) is 5.56 Å². The standard InChI is InChI=1S/C21H15ClN2O2/c22-17-4-7-18(8-5-17)26-19-6-3-16-9-11-24(21(25)20(16)12-19)14-15-2-1-10-23-13-15/h1-13H,14H2. The van der Waals surface area contributed by atoms with Gasteiger partial charge in [-0.2, -0.15) is 0 Å². The van der Waals surface area contributed by atoms with Gasteiger partial charge in [-0.15, -0.1) is 0 Å². The first-order valence-electron chi connectivity index (χ1n) is 8.14. The number of hydrogen-bond acceptors (Lipinski definition) is 3. The third kappa shape index (κ3) is 3.46. The van der Waals surface area contributed by atoms with Gasteiger partial charge in [-0.1, -0.05) is 23.7 Å². The van der Waals surface area contributed by atoms with Crippen LogP contribution in [0.5, 0.6) is 11.5 Å². The number of benzene rings is 2. The highest BCUT2D eigenvalue weighted by molar-refractivity contribution is 6.30. The fourth-order valence-electron chi connectivity index (χ4n) is 2.77. The van der Waals surface area contributed by atoms with Gasteiger partial charge in [-0.05, 0) is 59.5 Å². The highest BCUT2D eigenvalue weighted by atomic mass is 35.5. The number of rotatable bonds is 4. The Morgan fingerprint density at radius 2 is 1.81 bits per heavy atom. The second-order valence-corrected chi connectivity index (χ2v) is 6.35.